The van der Waals surface area contributed by atoms with Crippen molar-refractivity contribution in [3.05, 3.63) is 70.5 Å². The van der Waals surface area contributed by atoms with Gasteiger partial charge in [-0.25, -0.2) is 4.39 Å². The van der Waals surface area contributed by atoms with Crippen LogP contribution in [0.5, 0.6) is 0 Å². The Morgan fingerprint density at radius 2 is 1.82 bits per heavy atom. The second kappa shape index (κ2) is 5.30. The van der Waals surface area contributed by atoms with Crippen molar-refractivity contribution in [2.24, 2.45) is 5.73 Å². The zero-order chi connectivity index (χ0) is 12.3. The van der Waals surface area contributed by atoms with E-state index in [0.717, 1.165) is 11.1 Å². The molecular weight excluding hydrogens is 237 g/mol. The molecule has 0 aliphatic heterocycles. The van der Waals surface area contributed by atoms with E-state index in [1.54, 1.807) is 12.1 Å². The second-order valence-electron chi connectivity index (χ2n) is 3.97. The van der Waals surface area contributed by atoms with Crippen LogP contribution in [-0.2, 0) is 6.42 Å². The molecule has 0 aromatic heterocycles. The van der Waals surface area contributed by atoms with Gasteiger partial charge >= 0.3 is 0 Å². The van der Waals surface area contributed by atoms with Gasteiger partial charge in [-0.15, -0.1) is 0 Å². The maximum Gasteiger partial charge on any atom is 0.142 e. The van der Waals surface area contributed by atoms with E-state index in [2.05, 4.69) is 0 Å². The Morgan fingerprint density at radius 1 is 1.12 bits per heavy atom. The average molecular weight is 250 g/mol. The van der Waals surface area contributed by atoms with Gasteiger partial charge in [-0.1, -0.05) is 48.0 Å². The Bertz CT molecular complexity index is 499. The highest BCUT2D eigenvalue weighted by molar-refractivity contribution is 6.30. The van der Waals surface area contributed by atoms with Gasteiger partial charge in [-0.2, -0.15) is 0 Å². The quantitative estimate of drug-likeness (QED) is 0.882. The molecule has 1 nitrogen and oxygen atoms in total. The summed E-state index contributed by atoms with van der Waals surface area (Å²) in [5.41, 5.74) is 7.95. The van der Waals surface area contributed by atoms with Gasteiger partial charge in [0.15, 0.2) is 0 Å². The predicted molar refractivity (Wildman–Crippen MR) is 68.5 cm³/mol. The molecule has 3 heteroatoms. The molecule has 0 aliphatic carbocycles. The Balaban J connectivity index is 2.13. The first-order valence-corrected chi connectivity index (χ1v) is 5.79. The van der Waals surface area contributed by atoms with Crippen LogP contribution in [0.25, 0.3) is 0 Å². The molecule has 0 radical (unpaired) electrons. The van der Waals surface area contributed by atoms with Gasteiger partial charge in [0.25, 0.3) is 0 Å². The highest BCUT2D eigenvalue weighted by atomic mass is 35.5. The fourth-order valence-corrected chi connectivity index (χ4v) is 1.86. The lowest BCUT2D eigenvalue weighted by Crippen LogP contribution is -2.13. The lowest BCUT2D eigenvalue weighted by atomic mass is 10.00. The van der Waals surface area contributed by atoms with Gasteiger partial charge < -0.3 is 5.73 Å². The van der Waals surface area contributed by atoms with Crippen LogP contribution >= 0.6 is 11.6 Å². The molecule has 0 saturated carbocycles. The summed E-state index contributed by atoms with van der Waals surface area (Å²) in [6, 6.07) is 14.4. The lowest BCUT2D eigenvalue weighted by Gasteiger charge is -2.12. The van der Waals surface area contributed by atoms with E-state index in [9.17, 15) is 4.39 Å². The predicted octanol–water partition coefficient (Wildman–Crippen LogP) is 3.72. The van der Waals surface area contributed by atoms with Crippen molar-refractivity contribution in [3.63, 3.8) is 0 Å². The molecule has 88 valence electrons. The maximum atomic E-state index is 13.3. The van der Waals surface area contributed by atoms with Crippen molar-refractivity contribution >= 4 is 11.6 Å². The van der Waals surface area contributed by atoms with Crippen LogP contribution in [0.3, 0.4) is 0 Å². The highest BCUT2D eigenvalue weighted by Crippen LogP contribution is 2.20. The smallest absolute Gasteiger partial charge is 0.142 e. The van der Waals surface area contributed by atoms with Gasteiger partial charge in [0.1, 0.15) is 5.82 Å². The van der Waals surface area contributed by atoms with E-state index in [1.807, 2.05) is 30.3 Å². The van der Waals surface area contributed by atoms with Crippen LogP contribution < -0.4 is 5.73 Å². The molecule has 0 aliphatic rings. The molecule has 0 fully saturated rings. The summed E-state index contributed by atoms with van der Waals surface area (Å²) in [5, 5.41) is 0.141. The van der Waals surface area contributed by atoms with Gasteiger partial charge in [0, 0.05) is 6.04 Å². The fraction of sp³-hybridized carbons (Fsp3) is 0.143. The number of hydrogen-bond acceptors (Lipinski definition) is 1. The largest absolute Gasteiger partial charge is 0.324 e. The second-order valence-corrected chi connectivity index (χ2v) is 4.38. The molecule has 0 amide bonds. The number of halogens is 2. The average Bonchev–Trinajstić information content (AvgIpc) is 2.35. The third-order valence-electron chi connectivity index (χ3n) is 2.67. The monoisotopic (exact) mass is 249 g/mol. The van der Waals surface area contributed by atoms with E-state index in [0.29, 0.717) is 6.42 Å². The van der Waals surface area contributed by atoms with Crippen LogP contribution in [0.4, 0.5) is 4.39 Å². The Kier molecular flexibility index (Phi) is 3.77. The first kappa shape index (κ1) is 12.1. The van der Waals surface area contributed by atoms with Gasteiger partial charge in [0.05, 0.1) is 5.02 Å². The van der Waals surface area contributed by atoms with E-state index < -0.39 is 5.82 Å². The Morgan fingerprint density at radius 3 is 2.47 bits per heavy atom. The van der Waals surface area contributed by atoms with E-state index in [-0.39, 0.29) is 11.1 Å². The SMILES string of the molecule is NC(Cc1ccc(Cl)c(F)c1)c1ccccc1. The van der Waals surface area contributed by atoms with Crippen molar-refractivity contribution in [3.8, 4) is 0 Å². The summed E-state index contributed by atoms with van der Waals surface area (Å²) < 4.78 is 13.3. The molecule has 2 aromatic rings. The van der Waals surface area contributed by atoms with E-state index >= 15 is 0 Å². The summed E-state index contributed by atoms with van der Waals surface area (Å²) in [4.78, 5) is 0. The summed E-state index contributed by atoms with van der Waals surface area (Å²) in [5.74, 6) is -0.399. The molecule has 0 heterocycles. The van der Waals surface area contributed by atoms with E-state index in [1.165, 1.54) is 6.07 Å². The molecule has 0 bridgehead atoms. The minimum atomic E-state index is -0.399. The third-order valence-corrected chi connectivity index (χ3v) is 2.97. The fourth-order valence-electron chi connectivity index (χ4n) is 1.74. The zero-order valence-corrected chi connectivity index (χ0v) is 9.99. The third kappa shape index (κ3) is 3.05. The molecule has 2 rings (SSSR count). The van der Waals surface area contributed by atoms with Crippen LogP contribution in [-0.4, -0.2) is 0 Å². The molecule has 0 saturated heterocycles. The minimum Gasteiger partial charge on any atom is -0.324 e. The normalized spacial score (nSPS) is 12.4. The molecular formula is C14H13ClFN. The van der Waals surface area contributed by atoms with Crippen LogP contribution in [0.15, 0.2) is 48.5 Å². The molecule has 2 N–H and O–H groups in total. The highest BCUT2D eigenvalue weighted by Gasteiger charge is 2.08. The maximum absolute atomic E-state index is 13.3. The Labute approximate surface area is 105 Å². The first-order chi connectivity index (χ1) is 8.16. The van der Waals surface area contributed by atoms with Crippen LogP contribution in [0, 0.1) is 5.82 Å². The van der Waals surface area contributed by atoms with Crippen LogP contribution in [0.2, 0.25) is 5.02 Å². The van der Waals surface area contributed by atoms with Crippen molar-refractivity contribution in [2.75, 3.05) is 0 Å². The summed E-state index contributed by atoms with van der Waals surface area (Å²) >= 11 is 5.63. The number of benzene rings is 2. The summed E-state index contributed by atoms with van der Waals surface area (Å²) in [6.07, 6.45) is 0.595. The summed E-state index contributed by atoms with van der Waals surface area (Å²) in [6.45, 7) is 0. The minimum absolute atomic E-state index is 0.128. The lowest BCUT2D eigenvalue weighted by molar-refractivity contribution is 0.622. The van der Waals surface area contributed by atoms with Crippen molar-refractivity contribution in [2.45, 2.75) is 12.5 Å². The zero-order valence-electron chi connectivity index (χ0n) is 9.24. The van der Waals surface area contributed by atoms with Crippen molar-refractivity contribution in [1.29, 1.82) is 0 Å². The van der Waals surface area contributed by atoms with Gasteiger partial charge in [-0.3, -0.25) is 0 Å². The molecule has 1 atom stereocenters. The van der Waals surface area contributed by atoms with Crippen LogP contribution in [0.1, 0.15) is 17.2 Å². The Hall–Kier alpha value is -1.38. The van der Waals surface area contributed by atoms with Gasteiger partial charge in [-0.05, 0) is 29.7 Å². The number of rotatable bonds is 3. The number of hydrogen-bond donors (Lipinski definition) is 1. The van der Waals surface area contributed by atoms with E-state index in [4.69, 9.17) is 17.3 Å². The van der Waals surface area contributed by atoms with Crippen molar-refractivity contribution < 1.29 is 4.39 Å². The molecule has 2 aromatic carbocycles. The number of nitrogens with two attached hydrogens (primary N) is 1. The van der Waals surface area contributed by atoms with Crippen molar-refractivity contribution in [1.82, 2.24) is 0 Å². The molecule has 17 heavy (non-hydrogen) atoms. The van der Waals surface area contributed by atoms with Gasteiger partial charge in [0.2, 0.25) is 0 Å². The first-order valence-electron chi connectivity index (χ1n) is 5.41. The molecule has 0 spiro atoms. The molecule has 1 unspecified atom stereocenters. The standard InChI is InChI=1S/C14H13ClFN/c15-12-7-6-10(8-13(12)16)9-14(17)11-4-2-1-3-5-11/h1-8,14H,9,17H2. The summed E-state index contributed by atoms with van der Waals surface area (Å²) in [7, 11) is 0. The topological polar surface area (TPSA) is 26.0 Å².